The number of hydrogen-bond donors (Lipinski definition) is 0. The summed E-state index contributed by atoms with van der Waals surface area (Å²) in [6, 6.07) is 11.9. The predicted molar refractivity (Wildman–Crippen MR) is 112 cm³/mol. The van der Waals surface area contributed by atoms with Gasteiger partial charge < -0.3 is 14.0 Å². The van der Waals surface area contributed by atoms with Gasteiger partial charge in [-0.15, -0.1) is 0 Å². The van der Waals surface area contributed by atoms with E-state index in [9.17, 15) is 13.6 Å². The summed E-state index contributed by atoms with van der Waals surface area (Å²) in [7, 11) is 0. The fourth-order valence-electron chi connectivity index (χ4n) is 3.77. The van der Waals surface area contributed by atoms with E-state index in [-0.39, 0.29) is 24.9 Å². The van der Waals surface area contributed by atoms with Gasteiger partial charge >= 0.3 is 0 Å². The maximum Gasteiger partial charge on any atom is 0.287 e. The molecule has 0 aliphatic carbocycles. The lowest BCUT2D eigenvalue weighted by Gasteiger charge is -2.38. The highest BCUT2D eigenvalue weighted by Crippen LogP contribution is 2.33. The lowest BCUT2D eigenvalue weighted by atomic mass is 10.0. The molecule has 6 nitrogen and oxygen atoms in total. The number of likely N-dealkylation sites (tertiary alicyclic amines) is 1. The molecular formula is C22H17ClF2N4O2. The molecule has 5 rings (SSSR count). The summed E-state index contributed by atoms with van der Waals surface area (Å²) in [5.41, 5.74) is 1.31. The van der Waals surface area contributed by atoms with Crippen LogP contribution in [0.3, 0.4) is 0 Å². The average Bonchev–Trinajstić information content (AvgIpc) is 3.24. The first-order valence-electron chi connectivity index (χ1n) is 9.73. The van der Waals surface area contributed by atoms with Crippen LogP contribution in [-0.2, 0) is 0 Å². The molecule has 1 aromatic carbocycles. The van der Waals surface area contributed by atoms with Gasteiger partial charge in [-0.2, -0.15) is 0 Å². The molecule has 0 bridgehead atoms. The number of carbonyl (C=O) groups is 1. The maximum atomic E-state index is 14.7. The van der Waals surface area contributed by atoms with Crippen LogP contribution in [0.2, 0.25) is 5.02 Å². The van der Waals surface area contributed by atoms with E-state index in [4.69, 9.17) is 16.3 Å². The topological polar surface area (TPSA) is 59.7 Å². The van der Waals surface area contributed by atoms with Gasteiger partial charge in [-0.05, 0) is 24.3 Å². The summed E-state index contributed by atoms with van der Waals surface area (Å²) in [5.74, 6) is -3.43. The Labute approximate surface area is 181 Å². The summed E-state index contributed by atoms with van der Waals surface area (Å²) in [6.45, 7) is -0.347. The Morgan fingerprint density at radius 3 is 2.90 bits per heavy atom. The standard InChI is InChI=1S/C22H17ClF2N4O2/c23-16-5-1-3-14-6-7-18(27-19(14)16)31-17-13-29(11-8-22(17,24)25)21(30)15-4-2-10-28-12-9-26-20(15)28/h1-7,9-10,12,17H,8,11,13H2/t17-/m0/s1. The summed E-state index contributed by atoms with van der Waals surface area (Å²) in [5, 5.41) is 1.18. The quantitative estimate of drug-likeness (QED) is 0.470. The first kappa shape index (κ1) is 19.7. The summed E-state index contributed by atoms with van der Waals surface area (Å²) in [6.07, 6.45) is 3.04. The van der Waals surface area contributed by atoms with E-state index < -0.39 is 18.4 Å². The van der Waals surface area contributed by atoms with Crippen LogP contribution >= 0.6 is 11.6 Å². The molecular weight excluding hydrogens is 426 g/mol. The Bertz CT molecular complexity index is 1290. The second-order valence-corrected chi connectivity index (χ2v) is 7.82. The number of imidazole rings is 1. The molecule has 0 saturated carbocycles. The summed E-state index contributed by atoms with van der Waals surface area (Å²) >= 11 is 6.17. The highest BCUT2D eigenvalue weighted by Gasteiger charge is 2.47. The van der Waals surface area contributed by atoms with Crippen LogP contribution in [-0.4, -0.2) is 50.3 Å². The Kier molecular flexibility index (Phi) is 4.74. The van der Waals surface area contributed by atoms with E-state index in [0.717, 1.165) is 5.39 Å². The van der Waals surface area contributed by atoms with E-state index >= 15 is 0 Å². The van der Waals surface area contributed by atoms with Gasteiger partial charge in [0.1, 0.15) is 5.65 Å². The number of benzene rings is 1. The smallest absolute Gasteiger partial charge is 0.287 e. The van der Waals surface area contributed by atoms with Crippen molar-refractivity contribution in [3.63, 3.8) is 0 Å². The first-order chi connectivity index (χ1) is 14.9. The number of halogens is 3. The van der Waals surface area contributed by atoms with Crippen LogP contribution in [0.5, 0.6) is 5.88 Å². The van der Waals surface area contributed by atoms with E-state index in [2.05, 4.69) is 9.97 Å². The van der Waals surface area contributed by atoms with E-state index in [1.54, 1.807) is 53.3 Å². The predicted octanol–water partition coefficient (Wildman–Crippen LogP) is 4.46. The molecule has 0 N–H and O–H groups in total. The molecule has 1 fully saturated rings. The summed E-state index contributed by atoms with van der Waals surface area (Å²) < 4.78 is 36.6. The lowest BCUT2D eigenvalue weighted by molar-refractivity contribution is -0.131. The molecule has 1 saturated heterocycles. The highest BCUT2D eigenvalue weighted by molar-refractivity contribution is 6.35. The third kappa shape index (κ3) is 3.57. The maximum absolute atomic E-state index is 14.7. The third-order valence-electron chi connectivity index (χ3n) is 5.42. The number of aromatic nitrogens is 3. The van der Waals surface area contributed by atoms with Crippen LogP contribution in [0.1, 0.15) is 16.8 Å². The van der Waals surface area contributed by atoms with Crippen molar-refractivity contribution in [2.45, 2.75) is 18.4 Å². The van der Waals surface area contributed by atoms with Crippen LogP contribution < -0.4 is 4.74 Å². The number of fused-ring (bicyclic) bond motifs is 2. The molecule has 0 radical (unpaired) electrons. The fourth-order valence-corrected chi connectivity index (χ4v) is 3.99. The van der Waals surface area contributed by atoms with Gasteiger partial charge in [0.25, 0.3) is 11.8 Å². The molecule has 4 heterocycles. The number of amides is 1. The molecule has 1 aliphatic heterocycles. The van der Waals surface area contributed by atoms with E-state index in [1.807, 2.05) is 6.07 Å². The molecule has 158 valence electrons. The lowest BCUT2D eigenvalue weighted by Crippen LogP contribution is -2.55. The number of carbonyl (C=O) groups excluding carboxylic acids is 1. The van der Waals surface area contributed by atoms with Gasteiger partial charge in [0.05, 0.1) is 22.6 Å². The molecule has 1 amide bonds. The molecule has 0 unspecified atom stereocenters. The number of piperidine rings is 1. The van der Waals surface area contributed by atoms with Gasteiger partial charge in [0.15, 0.2) is 6.10 Å². The van der Waals surface area contributed by atoms with E-state index in [0.29, 0.717) is 21.7 Å². The molecule has 4 aromatic rings. The van der Waals surface area contributed by atoms with Crippen molar-refractivity contribution < 1.29 is 18.3 Å². The minimum absolute atomic E-state index is 0.0370. The van der Waals surface area contributed by atoms with Crippen molar-refractivity contribution in [1.29, 1.82) is 0 Å². The number of ether oxygens (including phenoxy) is 1. The number of hydrogen-bond acceptors (Lipinski definition) is 4. The second kappa shape index (κ2) is 7.46. The second-order valence-electron chi connectivity index (χ2n) is 7.41. The van der Waals surface area contributed by atoms with Crippen LogP contribution in [0, 0.1) is 0 Å². The van der Waals surface area contributed by atoms with Crippen molar-refractivity contribution in [2.75, 3.05) is 13.1 Å². The number of pyridine rings is 2. The van der Waals surface area contributed by atoms with Gasteiger partial charge in [-0.25, -0.2) is 18.7 Å². The first-order valence-corrected chi connectivity index (χ1v) is 10.1. The van der Waals surface area contributed by atoms with Gasteiger partial charge in [-0.1, -0.05) is 23.7 Å². The van der Waals surface area contributed by atoms with Crippen molar-refractivity contribution in [1.82, 2.24) is 19.3 Å². The monoisotopic (exact) mass is 442 g/mol. The number of rotatable bonds is 3. The SMILES string of the molecule is O=C(c1cccn2ccnc12)N1CCC(F)(F)[C@@H](Oc2ccc3cccc(Cl)c3n2)C1. The Balaban J connectivity index is 1.41. The van der Waals surface area contributed by atoms with Crippen molar-refractivity contribution >= 4 is 34.1 Å². The number of alkyl halides is 2. The zero-order valence-electron chi connectivity index (χ0n) is 16.2. The minimum Gasteiger partial charge on any atom is -0.466 e. The number of para-hydroxylation sites is 1. The third-order valence-corrected chi connectivity index (χ3v) is 5.72. The summed E-state index contributed by atoms with van der Waals surface area (Å²) in [4.78, 5) is 22.9. The average molecular weight is 443 g/mol. The Morgan fingerprint density at radius 1 is 1.16 bits per heavy atom. The largest absolute Gasteiger partial charge is 0.466 e. The zero-order chi connectivity index (χ0) is 21.6. The zero-order valence-corrected chi connectivity index (χ0v) is 17.0. The van der Waals surface area contributed by atoms with Gasteiger partial charge in [0.2, 0.25) is 5.88 Å². The van der Waals surface area contributed by atoms with Crippen LogP contribution in [0.4, 0.5) is 8.78 Å². The molecule has 1 atom stereocenters. The Morgan fingerprint density at radius 2 is 2.03 bits per heavy atom. The molecule has 1 aliphatic rings. The van der Waals surface area contributed by atoms with Crippen molar-refractivity contribution in [3.05, 3.63) is 71.6 Å². The molecule has 0 spiro atoms. The van der Waals surface area contributed by atoms with Crippen molar-refractivity contribution in [2.24, 2.45) is 0 Å². The van der Waals surface area contributed by atoms with E-state index in [1.165, 1.54) is 11.0 Å². The van der Waals surface area contributed by atoms with Crippen LogP contribution in [0.15, 0.2) is 61.1 Å². The molecule has 9 heteroatoms. The molecule has 31 heavy (non-hydrogen) atoms. The normalized spacial score (nSPS) is 18.4. The Hall–Kier alpha value is -3.26. The van der Waals surface area contributed by atoms with Gasteiger partial charge in [-0.3, -0.25) is 4.79 Å². The van der Waals surface area contributed by atoms with Crippen molar-refractivity contribution in [3.8, 4) is 5.88 Å². The fraction of sp³-hybridized carbons (Fsp3) is 0.227. The minimum atomic E-state index is -3.10. The number of nitrogens with zero attached hydrogens (tertiary/aromatic N) is 4. The van der Waals surface area contributed by atoms with Crippen LogP contribution in [0.25, 0.3) is 16.6 Å². The highest BCUT2D eigenvalue weighted by atomic mass is 35.5. The van der Waals surface area contributed by atoms with Gasteiger partial charge in [0, 0.05) is 43.0 Å². The molecule has 3 aromatic heterocycles.